The van der Waals surface area contributed by atoms with Crippen LogP contribution in [0.15, 0.2) is 23.2 Å². The minimum atomic E-state index is -0.241. The fourth-order valence-corrected chi connectivity index (χ4v) is 1.95. The smallest absolute Gasteiger partial charge is 0.307 e. The van der Waals surface area contributed by atoms with Crippen molar-refractivity contribution in [1.29, 1.82) is 0 Å². The number of rotatable bonds is 7. The van der Waals surface area contributed by atoms with Gasteiger partial charge in [0, 0.05) is 20.1 Å². The molecular weight excluding hydrogens is 409 g/mol. The highest BCUT2D eigenvalue weighted by Gasteiger charge is 2.03. The number of nitrogens with one attached hydrogen (secondary N) is 2. The van der Waals surface area contributed by atoms with Gasteiger partial charge >= 0.3 is 5.97 Å². The molecule has 0 aliphatic heterocycles. The number of aliphatic imine (C=N–C) groups is 1. The summed E-state index contributed by atoms with van der Waals surface area (Å²) in [5, 5.41) is 6.27. The van der Waals surface area contributed by atoms with E-state index in [0.29, 0.717) is 18.9 Å². The maximum absolute atomic E-state index is 11.0. The Morgan fingerprint density at radius 2 is 1.91 bits per heavy atom. The summed E-state index contributed by atoms with van der Waals surface area (Å²) in [5.41, 5.74) is 2.32. The van der Waals surface area contributed by atoms with E-state index < -0.39 is 0 Å². The van der Waals surface area contributed by atoms with Gasteiger partial charge in [-0.15, -0.1) is 24.0 Å². The van der Waals surface area contributed by atoms with Crippen LogP contribution in [-0.2, 0) is 16.0 Å². The van der Waals surface area contributed by atoms with E-state index in [0.717, 1.165) is 24.3 Å². The van der Waals surface area contributed by atoms with E-state index in [1.54, 1.807) is 14.2 Å². The molecule has 1 rings (SSSR count). The van der Waals surface area contributed by atoms with Crippen molar-refractivity contribution in [3.05, 3.63) is 29.3 Å². The molecular formula is C16H26IN3O3. The molecule has 0 radical (unpaired) electrons. The van der Waals surface area contributed by atoms with Crippen molar-refractivity contribution in [1.82, 2.24) is 10.6 Å². The summed E-state index contributed by atoms with van der Waals surface area (Å²) >= 11 is 0. The molecule has 0 aromatic heterocycles. The van der Waals surface area contributed by atoms with Crippen molar-refractivity contribution in [2.45, 2.75) is 19.8 Å². The molecule has 0 fully saturated rings. The van der Waals surface area contributed by atoms with Crippen molar-refractivity contribution in [2.75, 3.05) is 34.4 Å². The number of hydrogen-bond donors (Lipinski definition) is 2. The van der Waals surface area contributed by atoms with Crippen LogP contribution in [0, 0.1) is 6.92 Å². The first-order valence-electron chi connectivity index (χ1n) is 7.25. The number of carbonyl (C=O) groups is 1. The minimum Gasteiger partial charge on any atom is -0.496 e. The lowest BCUT2D eigenvalue weighted by Gasteiger charge is -2.12. The van der Waals surface area contributed by atoms with Crippen molar-refractivity contribution in [2.24, 2.45) is 4.99 Å². The van der Waals surface area contributed by atoms with Crippen LogP contribution in [0.25, 0.3) is 0 Å². The summed E-state index contributed by atoms with van der Waals surface area (Å²) in [7, 11) is 4.76. The Balaban J connectivity index is 0.00000484. The van der Waals surface area contributed by atoms with Crippen LogP contribution in [-0.4, -0.2) is 46.3 Å². The minimum absolute atomic E-state index is 0. The van der Waals surface area contributed by atoms with Gasteiger partial charge in [0.1, 0.15) is 5.75 Å². The highest BCUT2D eigenvalue weighted by molar-refractivity contribution is 14.0. The molecule has 130 valence electrons. The standard InChI is InChI=1S/C16H25N3O3.HI/c1-12-5-6-13(11-14(12)21-3)7-9-18-16(17-2)19-10-8-15(20)22-4;/h5-6,11H,7-10H2,1-4H3,(H2,17,18,19);1H. The number of ether oxygens (including phenoxy) is 2. The van der Waals surface area contributed by atoms with Gasteiger partial charge in [-0.3, -0.25) is 9.79 Å². The van der Waals surface area contributed by atoms with E-state index in [2.05, 4.69) is 32.5 Å². The van der Waals surface area contributed by atoms with Gasteiger partial charge in [0.25, 0.3) is 0 Å². The van der Waals surface area contributed by atoms with Gasteiger partial charge in [0.05, 0.1) is 20.6 Å². The molecule has 0 unspecified atom stereocenters. The number of esters is 1. The van der Waals surface area contributed by atoms with Crippen molar-refractivity contribution in [3.8, 4) is 5.75 Å². The van der Waals surface area contributed by atoms with Crippen LogP contribution < -0.4 is 15.4 Å². The van der Waals surface area contributed by atoms with E-state index in [1.165, 1.54) is 12.7 Å². The maximum atomic E-state index is 11.0. The third-order valence-corrected chi connectivity index (χ3v) is 3.25. The van der Waals surface area contributed by atoms with Gasteiger partial charge in [-0.25, -0.2) is 0 Å². The first kappa shape index (κ1) is 21.5. The molecule has 0 aliphatic rings. The summed E-state index contributed by atoms with van der Waals surface area (Å²) in [4.78, 5) is 15.1. The van der Waals surface area contributed by atoms with Crippen LogP contribution in [0.5, 0.6) is 5.75 Å². The Morgan fingerprint density at radius 3 is 2.52 bits per heavy atom. The van der Waals surface area contributed by atoms with Gasteiger partial charge in [-0.2, -0.15) is 0 Å². The highest BCUT2D eigenvalue weighted by atomic mass is 127. The van der Waals surface area contributed by atoms with Gasteiger partial charge in [-0.05, 0) is 30.5 Å². The number of aryl methyl sites for hydroxylation is 1. The second kappa shape index (κ2) is 12.0. The lowest BCUT2D eigenvalue weighted by molar-refractivity contribution is -0.140. The van der Waals surface area contributed by atoms with Crippen LogP contribution in [0.3, 0.4) is 0 Å². The number of nitrogens with zero attached hydrogens (tertiary/aromatic N) is 1. The molecule has 0 heterocycles. The Hall–Kier alpha value is -1.51. The van der Waals surface area contributed by atoms with Gasteiger partial charge in [0.2, 0.25) is 0 Å². The second-order valence-corrected chi connectivity index (χ2v) is 4.81. The molecule has 2 N–H and O–H groups in total. The summed E-state index contributed by atoms with van der Waals surface area (Å²) < 4.78 is 9.91. The fourth-order valence-electron chi connectivity index (χ4n) is 1.95. The Kier molecular flexibility index (Phi) is 11.2. The lowest BCUT2D eigenvalue weighted by Crippen LogP contribution is -2.39. The topological polar surface area (TPSA) is 72.0 Å². The predicted molar refractivity (Wildman–Crippen MR) is 103 cm³/mol. The lowest BCUT2D eigenvalue weighted by atomic mass is 10.1. The maximum Gasteiger partial charge on any atom is 0.307 e. The number of guanidine groups is 1. The summed E-state index contributed by atoms with van der Waals surface area (Å²) in [6.45, 7) is 3.25. The largest absolute Gasteiger partial charge is 0.496 e. The van der Waals surface area contributed by atoms with Gasteiger partial charge in [0.15, 0.2) is 5.96 Å². The second-order valence-electron chi connectivity index (χ2n) is 4.81. The summed E-state index contributed by atoms with van der Waals surface area (Å²) in [6, 6.07) is 6.19. The van der Waals surface area contributed by atoms with Crippen molar-refractivity contribution in [3.63, 3.8) is 0 Å². The molecule has 0 spiro atoms. The molecule has 23 heavy (non-hydrogen) atoms. The third kappa shape index (κ3) is 8.06. The molecule has 7 heteroatoms. The normalized spacial score (nSPS) is 10.5. The molecule has 0 amide bonds. The Morgan fingerprint density at radius 1 is 1.22 bits per heavy atom. The van der Waals surface area contributed by atoms with E-state index in [9.17, 15) is 4.79 Å². The van der Waals surface area contributed by atoms with Crippen LogP contribution in [0.4, 0.5) is 0 Å². The van der Waals surface area contributed by atoms with E-state index in [1.807, 2.05) is 13.0 Å². The average molecular weight is 435 g/mol. The summed E-state index contributed by atoms with van der Waals surface area (Å²) in [5.74, 6) is 1.33. The Labute approximate surface area is 155 Å². The molecule has 0 aliphatic carbocycles. The zero-order chi connectivity index (χ0) is 16.4. The fraction of sp³-hybridized carbons (Fsp3) is 0.500. The average Bonchev–Trinajstić information content (AvgIpc) is 2.54. The number of carbonyl (C=O) groups excluding carboxylic acids is 1. The molecule has 0 saturated heterocycles. The molecule has 0 bridgehead atoms. The van der Waals surface area contributed by atoms with E-state index >= 15 is 0 Å². The summed E-state index contributed by atoms with van der Waals surface area (Å²) in [6.07, 6.45) is 1.17. The number of hydrogen-bond acceptors (Lipinski definition) is 4. The quantitative estimate of drug-likeness (QED) is 0.296. The van der Waals surface area contributed by atoms with Crippen LogP contribution >= 0.6 is 24.0 Å². The van der Waals surface area contributed by atoms with E-state index in [-0.39, 0.29) is 29.9 Å². The first-order chi connectivity index (χ1) is 10.6. The van der Waals surface area contributed by atoms with Gasteiger partial charge < -0.3 is 20.1 Å². The van der Waals surface area contributed by atoms with Crippen LogP contribution in [0.2, 0.25) is 0 Å². The first-order valence-corrected chi connectivity index (χ1v) is 7.25. The zero-order valence-electron chi connectivity index (χ0n) is 14.1. The Bertz CT molecular complexity index is 521. The predicted octanol–water partition coefficient (Wildman–Crippen LogP) is 1.89. The number of halogens is 1. The number of methoxy groups -OCH3 is 2. The highest BCUT2D eigenvalue weighted by Crippen LogP contribution is 2.18. The van der Waals surface area contributed by atoms with Crippen molar-refractivity contribution < 1.29 is 14.3 Å². The zero-order valence-corrected chi connectivity index (χ0v) is 16.5. The molecule has 0 saturated carbocycles. The SMILES string of the molecule is CN=C(NCCC(=O)OC)NCCc1ccc(C)c(OC)c1.I. The molecule has 1 aromatic carbocycles. The molecule has 6 nitrogen and oxygen atoms in total. The third-order valence-electron chi connectivity index (χ3n) is 3.25. The monoisotopic (exact) mass is 435 g/mol. The van der Waals surface area contributed by atoms with Crippen molar-refractivity contribution >= 4 is 35.9 Å². The van der Waals surface area contributed by atoms with Crippen LogP contribution in [0.1, 0.15) is 17.5 Å². The number of benzene rings is 1. The van der Waals surface area contributed by atoms with Gasteiger partial charge in [-0.1, -0.05) is 12.1 Å². The molecule has 1 aromatic rings. The molecule has 0 atom stereocenters. The van der Waals surface area contributed by atoms with E-state index in [4.69, 9.17) is 4.74 Å².